The minimum absolute atomic E-state index is 0.467. The molecule has 0 radical (unpaired) electrons. The number of ether oxygens (including phenoxy) is 1. The van der Waals surface area contributed by atoms with E-state index in [-0.39, 0.29) is 0 Å². The van der Waals surface area contributed by atoms with E-state index in [4.69, 9.17) is 4.74 Å². The minimum Gasteiger partial charge on any atom is -0.375 e. The number of hydrogen-bond acceptors (Lipinski definition) is 3. The molecule has 2 aliphatic rings. The average molecular weight is 184 g/mol. The molecular weight excluding hydrogens is 164 g/mol. The van der Waals surface area contributed by atoms with Crippen molar-refractivity contribution >= 4 is 0 Å². The van der Waals surface area contributed by atoms with E-state index in [0.717, 1.165) is 19.2 Å². The van der Waals surface area contributed by atoms with Gasteiger partial charge < -0.3 is 15.0 Å². The number of nitrogens with one attached hydrogen (secondary N) is 1. The highest BCUT2D eigenvalue weighted by Crippen LogP contribution is 2.25. The van der Waals surface area contributed by atoms with Crippen LogP contribution in [0, 0.1) is 0 Å². The molecule has 0 spiro atoms. The van der Waals surface area contributed by atoms with Crippen LogP contribution in [-0.4, -0.2) is 50.3 Å². The molecule has 3 heteroatoms. The summed E-state index contributed by atoms with van der Waals surface area (Å²) in [5.41, 5.74) is 0. The molecule has 0 aromatic rings. The molecule has 0 amide bonds. The van der Waals surface area contributed by atoms with Gasteiger partial charge in [0.05, 0.1) is 12.7 Å². The Morgan fingerprint density at radius 2 is 2.15 bits per heavy atom. The van der Waals surface area contributed by atoms with Crippen LogP contribution in [0.4, 0.5) is 0 Å². The molecule has 13 heavy (non-hydrogen) atoms. The van der Waals surface area contributed by atoms with Crippen molar-refractivity contribution in [3.63, 3.8) is 0 Å². The van der Waals surface area contributed by atoms with Crippen molar-refractivity contribution in [1.82, 2.24) is 10.2 Å². The van der Waals surface area contributed by atoms with Gasteiger partial charge in [0.25, 0.3) is 0 Å². The van der Waals surface area contributed by atoms with Gasteiger partial charge in [-0.2, -0.15) is 0 Å². The lowest BCUT2D eigenvalue weighted by molar-refractivity contribution is -0.0413. The zero-order valence-electron chi connectivity index (χ0n) is 8.62. The summed E-state index contributed by atoms with van der Waals surface area (Å²) < 4.78 is 5.77. The first kappa shape index (κ1) is 9.44. The lowest BCUT2D eigenvalue weighted by Gasteiger charge is -2.41. The van der Waals surface area contributed by atoms with E-state index in [9.17, 15) is 0 Å². The van der Waals surface area contributed by atoms with Crippen molar-refractivity contribution in [2.45, 2.75) is 37.5 Å². The average Bonchev–Trinajstić information content (AvgIpc) is 2.17. The molecule has 2 fully saturated rings. The van der Waals surface area contributed by atoms with Crippen LogP contribution in [0.1, 0.15) is 19.3 Å². The highest BCUT2D eigenvalue weighted by molar-refractivity contribution is 4.90. The van der Waals surface area contributed by atoms with Crippen LogP contribution in [0.3, 0.4) is 0 Å². The number of rotatable bonds is 1. The van der Waals surface area contributed by atoms with Crippen LogP contribution in [0.15, 0.2) is 0 Å². The molecular formula is C10H20N2O. The predicted molar refractivity (Wildman–Crippen MR) is 52.9 cm³/mol. The van der Waals surface area contributed by atoms with Gasteiger partial charge >= 0.3 is 0 Å². The van der Waals surface area contributed by atoms with E-state index in [1.165, 1.54) is 19.3 Å². The van der Waals surface area contributed by atoms with Gasteiger partial charge in [-0.3, -0.25) is 0 Å². The van der Waals surface area contributed by atoms with Gasteiger partial charge in [0, 0.05) is 18.6 Å². The maximum atomic E-state index is 5.77. The highest BCUT2D eigenvalue weighted by Gasteiger charge is 2.33. The van der Waals surface area contributed by atoms with Gasteiger partial charge in [-0.25, -0.2) is 0 Å². The summed E-state index contributed by atoms with van der Waals surface area (Å²) >= 11 is 0. The normalized spacial score (nSPS) is 40.4. The third-order valence-corrected chi connectivity index (χ3v) is 3.33. The molecule has 1 heterocycles. The molecule has 1 aliphatic carbocycles. The van der Waals surface area contributed by atoms with Crippen molar-refractivity contribution in [2.75, 3.05) is 27.2 Å². The molecule has 76 valence electrons. The highest BCUT2D eigenvalue weighted by atomic mass is 16.5. The van der Waals surface area contributed by atoms with Gasteiger partial charge in [-0.1, -0.05) is 0 Å². The number of morpholine rings is 1. The summed E-state index contributed by atoms with van der Waals surface area (Å²) in [6, 6.07) is 1.35. The Hall–Kier alpha value is -0.120. The molecule has 1 saturated heterocycles. The molecule has 0 aromatic carbocycles. The van der Waals surface area contributed by atoms with E-state index < -0.39 is 0 Å². The SMILES string of the molecule is CN(C)[C@@H]1CC[C@@H]2NCCO[C@H]2C1. The first-order chi connectivity index (χ1) is 6.27. The molecule has 3 nitrogen and oxygen atoms in total. The summed E-state index contributed by atoms with van der Waals surface area (Å²) in [4.78, 5) is 2.33. The molecule has 1 saturated carbocycles. The third kappa shape index (κ3) is 2.03. The lowest BCUT2D eigenvalue weighted by Crippen LogP contribution is -2.54. The van der Waals surface area contributed by atoms with Gasteiger partial charge in [-0.15, -0.1) is 0 Å². The Bertz CT molecular complexity index is 172. The van der Waals surface area contributed by atoms with Gasteiger partial charge in [0.2, 0.25) is 0 Å². The number of fused-ring (bicyclic) bond motifs is 1. The van der Waals surface area contributed by atoms with Crippen LogP contribution in [0.25, 0.3) is 0 Å². The van der Waals surface area contributed by atoms with E-state index in [0.29, 0.717) is 12.1 Å². The largest absolute Gasteiger partial charge is 0.375 e. The molecule has 0 unspecified atom stereocenters. The second kappa shape index (κ2) is 3.95. The fraction of sp³-hybridized carbons (Fsp3) is 1.00. The monoisotopic (exact) mass is 184 g/mol. The third-order valence-electron chi connectivity index (χ3n) is 3.33. The second-order valence-corrected chi connectivity index (χ2v) is 4.40. The van der Waals surface area contributed by atoms with Crippen molar-refractivity contribution in [1.29, 1.82) is 0 Å². The molecule has 0 bridgehead atoms. The molecule has 3 atom stereocenters. The van der Waals surface area contributed by atoms with Crippen molar-refractivity contribution < 1.29 is 4.74 Å². The topological polar surface area (TPSA) is 24.5 Å². The maximum Gasteiger partial charge on any atom is 0.0743 e. The van der Waals surface area contributed by atoms with E-state index in [2.05, 4.69) is 24.3 Å². The number of nitrogens with zero attached hydrogens (tertiary/aromatic N) is 1. The van der Waals surface area contributed by atoms with Crippen LogP contribution in [0.2, 0.25) is 0 Å². The Kier molecular flexibility index (Phi) is 2.86. The standard InChI is InChI=1S/C10H20N2O/c1-12(2)8-3-4-9-10(7-8)13-6-5-11-9/h8-11H,3-7H2,1-2H3/t8-,9+,10+/m1/s1. The molecule has 2 rings (SSSR count). The summed E-state index contributed by atoms with van der Waals surface area (Å²) in [6.45, 7) is 1.93. The maximum absolute atomic E-state index is 5.77. The van der Waals surface area contributed by atoms with Gasteiger partial charge in [0.1, 0.15) is 0 Å². The summed E-state index contributed by atoms with van der Waals surface area (Å²) in [7, 11) is 4.34. The van der Waals surface area contributed by atoms with E-state index in [1.54, 1.807) is 0 Å². The van der Waals surface area contributed by atoms with E-state index >= 15 is 0 Å². The molecule has 0 aromatic heterocycles. The Balaban J connectivity index is 1.91. The molecule has 1 aliphatic heterocycles. The zero-order valence-corrected chi connectivity index (χ0v) is 8.62. The Morgan fingerprint density at radius 3 is 2.92 bits per heavy atom. The molecule has 1 N–H and O–H groups in total. The quantitative estimate of drug-likeness (QED) is 0.640. The van der Waals surface area contributed by atoms with Gasteiger partial charge in [-0.05, 0) is 33.4 Å². The van der Waals surface area contributed by atoms with Crippen molar-refractivity contribution in [3.8, 4) is 0 Å². The minimum atomic E-state index is 0.467. The summed E-state index contributed by atoms with van der Waals surface area (Å²) in [5, 5.41) is 3.54. The predicted octanol–water partition coefficient (Wildman–Crippen LogP) is 0.457. The first-order valence-electron chi connectivity index (χ1n) is 5.29. The van der Waals surface area contributed by atoms with Crippen LogP contribution in [0.5, 0.6) is 0 Å². The fourth-order valence-electron chi connectivity index (χ4n) is 2.45. The smallest absolute Gasteiger partial charge is 0.0743 e. The van der Waals surface area contributed by atoms with Crippen LogP contribution >= 0.6 is 0 Å². The van der Waals surface area contributed by atoms with Crippen LogP contribution < -0.4 is 5.32 Å². The summed E-state index contributed by atoms with van der Waals surface area (Å²) in [6.07, 6.45) is 4.25. The fourth-order valence-corrected chi connectivity index (χ4v) is 2.45. The van der Waals surface area contributed by atoms with Crippen molar-refractivity contribution in [2.24, 2.45) is 0 Å². The summed E-state index contributed by atoms with van der Waals surface area (Å²) in [5.74, 6) is 0. The van der Waals surface area contributed by atoms with Crippen LogP contribution in [-0.2, 0) is 4.74 Å². The Labute approximate surface area is 80.4 Å². The van der Waals surface area contributed by atoms with E-state index in [1.807, 2.05) is 0 Å². The zero-order chi connectivity index (χ0) is 9.26. The Morgan fingerprint density at radius 1 is 1.31 bits per heavy atom. The number of hydrogen-bond donors (Lipinski definition) is 1. The lowest BCUT2D eigenvalue weighted by atomic mass is 9.87. The van der Waals surface area contributed by atoms with Gasteiger partial charge in [0.15, 0.2) is 0 Å². The first-order valence-corrected chi connectivity index (χ1v) is 5.29. The van der Waals surface area contributed by atoms with Crippen molar-refractivity contribution in [3.05, 3.63) is 0 Å². The second-order valence-electron chi connectivity index (χ2n) is 4.40.